The molecule has 6 heteroatoms. The van der Waals surface area contributed by atoms with Crippen LogP contribution in [0.5, 0.6) is 0 Å². The Morgan fingerprint density at radius 1 is 1.14 bits per heavy atom. The summed E-state index contributed by atoms with van der Waals surface area (Å²) in [5.41, 5.74) is 0. The van der Waals surface area contributed by atoms with Crippen molar-refractivity contribution in [3.8, 4) is 0 Å². The number of aryl methyl sites for hydroxylation is 1. The zero-order valence-corrected chi connectivity index (χ0v) is 19.1. The highest BCUT2D eigenvalue weighted by Gasteiger charge is 2.20. The van der Waals surface area contributed by atoms with Crippen molar-refractivity contribution >= 4 is 17.7 Å². The number of nitrogens with zero attached hydrogens (tertiary/aromatic N) is 2. The molecule has 1 aromatic heterocycles. The largest absolute Gasteiger partial charge is 0.481 e. The van der Waals surface area contributed by atoms with E-state index >= 15 is 0 Å². The molecule has 1 heterocycles. The molecule has 0 radical (unpaired) electrons. The van der Waals surface area contributed by atoms with E-state index in [2.05, 4.69) is 18.0 Å². The number of unbranched alkanes of at least 4 members (excludes halogenated alkanes) is 10. The Morgan fingerprint density at radius 2 is 1.76 bits per heavy atom. The lowest BCUT2D eigenvalue weighted by Crippen LogP contribution is -2.22. The lowest BCUT2D eigenvalue weighted by atomic mass is 10.1. The maximum atomic E-state index is 10.8. The van der Waals surface area contributed by atoms with Gasteiger partial charge in [-0.1, -0.05) is 88.6 Å². The number of aliphatic carboxylic acids is 1. The van der Waals surface area contributed by atoms with Crippen molar-refractivity contribution < 1.29 is 15.0 Å². The molecule has 1 aromatic rings. The summed E-state index contributed by atoms with van der Waals surface area (Å²) in [6, 6.07) is 0. The Hall–Kier alpha value is -1.27. The first-order valence-corrected chi connectivity index (χ1v) is 12.1. The van der Waals surface area contributed by atoms with Crippen molar-refractivity contribution in [3.05, 3.63) is 24.5 Å². The number of aliphatic hydroxyl groups is 1. The van der Waals surface area contributed by atoms with Gasteiger partial charge in [0.2, 0.25) is 0 Å². The van der Waals surface area contributed by atoms with Crippen LogP contribution >= 0.6 is 11.8 Å². The number of allylic oxidation sites excluding steroid dienone is 1. The van der Waals surface area contributed by atoms with E-state index in [1.807, 2.05) is 23.9 Å². The number of hydrogen-bond donors (Lipinski definition) is 2. The van der Waals surface area contributed by atoms with E-state index in [0.717, 1.165) is 18.0 Å². The topological polar surface area (TPSA) is 75.3 Å². The summed E-state index contributed by atoms with van der Waals surface area (Å²) in [5, 5.41) is 20.0. The predicted octanol–water partition coefficient (Wildman–Crippen LogP) is 5.97. The van der Waals surface area contributed by atoms with Crippen LogP contribution in [0.4, 0.5) is 0 Å². The van der Waals surface area contributed by atoms with Gasteiger partial charge in [-0.3, -0.25) is 4.79 Å². The third-order valence-electron chi connectivity index (χ3n) is 5.10. The fraction of sp³-hybridized carbons (Fsp3) is 0.739. The smallest absolute Gasteiger partial charge is 0.303 e. The van der Waals surface area contributed by atoms with E-state index in [-0.39, 0.29) is 18.1 Å². The molecule has 166 valence electrons. The lowest BCUT2D eigenvalue weighted by molar-refractivity contribution is -0.137. The standard InChI is InChI=1S/C23H40N2O3S/c1-3-4-5-6-7-8-9-10-11-12-13-14-15-21(20(26)16-17-22(27)28)29-23-24-18-19-25(23)2/h14-15,18-21,26H,3-13,16-17H2,1-2H3,(H,27,28)/b15-14-. The van der Waals surface area contributed by atoms with Crippen LogP contribution in [0.2, 0.25) is 0 Å². The Morgan fingerprint density at radius 3 is 2.31 bits per heavy atom. The quantitative estimate of drug-likeness (QED) is 0.172. The third kappa shape index (κ3) is 12.8. The van der Waals surface area contributed by atoms with Crippen molar-refractivity contribution in [3.63, 3.8) is 0 Å². The van der Waals surface area contributed by atoms with Gasteiger partial charge in [-0.15, -0.1) is 0 Å². The average Bonchev–Trinajstić information content (AvgIpc) is 3.10. The van der Waals surface area contributed by atoms with Gasteiger partial charge in [0.1, 0.15) is 0 Å². The zero-order chi connectivity index (χ0) is 21.3. The highest BCUT2D eigenvalue weighted by Crippen LogP contribution is 2.27. The Kier molecular flexibility index (Phi) is 14.7. The molecule has 2 N–H and O–H groups in total. The molecule has 29 heavy (non-hydrogen) atoms. The van der Waals surface area contributed by atoms with Crippen LogP contribution in [-0.2, 0) is 11.8 Å². The summed E-state index contributed by atoms with van der Waals surface area (Å²) in [5.74, 6) is -0.876. The second-order valence-corrected chi connectivity index (χ2v) is 8.95. The van der Waals surface area contributed by atoms with Gasteiger partial charge in [-0.25, -0.2) is 4.98 Å². The summed E-state index contributed by atoms with van der Waals surface area (Å²) in [6.07, 6.45) is 21.5. The highest BCUT2D eigenvalue weighted by atomic mass is 32.2. The number of aliphatic hydroxyl groups excluding tert-OH is 1. The number of rotatable bonds is 18. The van der Waals surface area contributed by atoms with Crippen molar-refractivity contribution in [1.29, 1.82) is 0 Å². The maximum absolute atomic E-state index is 10.8. The predicted molar refractivity (Wildman–Crippen MR) is 121 cm³/mol. The molecule has 0 aromatic carbocycles. The van der Waals surface area contributed by atoms with Crippen LogP contribution in [0.15, 0.2) is 29.7 Å². The van der Waals surface area contributed by atoms with E-state index in [0.29, 0.717) is 0 Å². The van der Waals surface area contributed by atoms with Crippen molar-refractivity contribution in [2.75, 3.05) is 0 Å². The van der Waals surface area contributed by atoms with E-state index in [1.54, 1.807) is 6.20 Å². The first kappa shape index (κ1) is 25.8. The van der Waals surface area contributed by atoms with Crippen LogP contribution < -0.4 is 0 Å². The Balaban J connectivity index is 2.28. The molecule has 0 aliphatic rings. The zero-order valence-electron chi connectivity index (χ0n) is 18.3. The van der Waals surface area contributed by atoms with Crippen molar-refractivity contribution in [1.82, 2.24) is 9.55 Å². The third-order valence-corrected chi connectivity index (χ3v) is 6.45. The number of imidazole rings is 1. The number of aromatic nitrogens is 2. The summed E-state index contributed by atoms with van der Waals surface area (Å²) < 4.78 is 1.91. The van der Waals surface area contributed by atoms with Crippen LogP contribution in [0, 0.1) is 0 Å². The second-order valence-electron chi connectivity index (χ2n) is 7.80. The molecular weight excluding hydrogens is 384 g/mol. The molecule has 2 atom stereocenters. The molecular formula is C23H40N2O3S. The second kappa shape index (κ2) is 16.5. The fourth-order valence-electron chi connectivity index (χ4n) is 3.25. The van der Waals surface area contributed by atoms with Crippen LogP contribution in [0.3, 0.4) is 0 Å². The number of carbonyl (C=O) groups is 1. The summed E-state index contributed by atoms with van der Waals surface area (Å²) in [7, 11) is 1.92. The molecule has 5 nitrogen and oxygen atoms in total. The molecule has 2 unspecified atom stereocenters. The van der Waals surface area contributed by atoms with E-state index in [1.165, 1.54) is 69.5 Å². The molecule has 0 spiro atoms. The van der Waals surface area contributed by atoms with Crippen molar-refractivity contribution in [2.24, 2.45) is 7.05 Å². The minimum absolute atomic E-state index is 0.0227. The summed E-state index contributed by atoms with van der Waals surface area (Å²) >= 11 is 1.49. The van der Waals surface area contributed by atoms with E-state index in [4.69, 9.17) is 5.11 Å². The normalized spacial score (nSPS) is 13.8. The molecule has 0 bridgehead atoms. The van der Waals surface area contributed by atoms with Gasteiger partial charge in [0.25, 0.3) is 0 Å². The maximum Gasteiger partial charge on any atom is 0.303 e. The van der Waals surface area contributed by atoms with Gasteiger partial charge in [0.15, 0.2) is 5.16 Å². The molecule has 0 saturated carbocycles. The summed E-state index contributed by atoms with van der Waals surface area (Å²) in [4.78, 5) is 15.1. The van der Waals surface area contributed by atoms with Gasteiger partial charge in [0, 0.05) is 25.9 Å². The van der Waals surface area contributed by atoms with E-state index in [9.17, 15) is 9.90 Å². The van der Waals surface area contributed by atoms with Crippen LogP contribution in [0.1, 0.15) is 90.4 Å². The van der Waals surface area contributed by atoms with Gasteiger partial charge < -0.3 is 14.8 Å². The Bertz CT molecular complexity index is 574. The van der Waals surface area contributed by atoms with Crippen molar-refractivity contribution in [2.45, 2.75) is 107 Å². The number of carboxylic acids is 1. The molecule has 0 aliphatic carbocycles. The minimum Gasteiger partial charge on any atom is -0.481 e. The van der Waals surface area contributed by atoms with E-state index < -0.39 is 12.1 Å². The number of carboxylic acid groups (broad SMARTS) is 1. The van der Waals surface area contributed by atoms with Gasteiger partial charge >= 0.3 is 5.97 Å². The highest BCUT2D eigenvalue weighted by molar-refractivity contribution is 8.00. The number of hydrogen-bond acceptors (Lipinski definition) is 4. The lowest BCUT2D eigenvalue weighted by Gasteiger charge is -2.18. The molecule has 0 fully saturated rings. The van der Waals surface area contributed by atoms with Gasteiger partial charge in [-0.05, 0) is 19.3 Å². The number of thioether (sulfide) groups is 1. The first-order valence-electron chi connectivity index (χ1n) is 11.2. The molecule has 0 amide bonds. The first-order chi connectivity index (χ1) is 14.0. The SMILES string of the molecule is CCCCCCCCCCCC/C=C\C(Sc1nccn1C)C(O)CCC(=O)O. The fourth-order valence-corrected chi connectivity index (χ4v) is 4.32. The Labute approximate surface area is 181 Å². The monoisotopic (exact) mass is 424 g/mol. The van der Waals surface area contributed by atoms with Crippen LogP contribution in [0.25, 0.3) is 0 Å². The molecule has 0 aliphatic heterocycles. The summed E-state index contributed by atoms with van der Waals surface area (Å²) in [6.45, 7) is 2.25. The van der Waals surface area contributed by atoms with Crippen LogP contribution in [-0.4, -0.2) is 37.1 Å². The minimum atomic E-state index is -0.876. The average molecular weight is 425 g/mol. The molecule has 1 rings (SSSR count). The molecule has 0 saturated heterocycles. The van der Waals surface area contributed by atoms with Gasteiger partial charge in [-0.2, -0.15) is 0 Å². The van der Waals surface area contributed by atoms with Gasteiger partial charge in [0.05, 0.1) is 11.4 Å².